The summed E-state index contributed by atoms with van der Waals surface area (Å²) < 4.78 is 0. The van der Waals surface area contributed by atoms with Gasteiger partial charge in [-0.25, -0.2) is 4.79 Å². The highest BCUT2D eigenvalue weighted by Crippen LogP contribution is 2.29. The minimum atomic E-state index is -0.855. The van der Waals surface area contributed by atoms with Crippen molar-refractivity contribution in [2.45, 2.75) is 31.3 Å². The summed E-state index contributed by atoms with van der Waals surface area (Å²) in [4.78, 5) is 15.1. The normalized spacial score (nSPS) is 32.2. The van der Waals surface area contributed by atoms with Gasteiger partial charge in [-0.1, -0.05) is 0 Å². The van der Waals surface area contributed by atoms with Gasteiger partial charge in [-0.2, -0.15) is 0 Å². The molecule has 15 heavy (non-hydrogen) atoms. The van der Waals surface area contributed by atoms with Gasteiger partial charge in [0, 0.05) is 30.9 Å². The van der Waals surface area contributed by atoms with E-state index in [1.807, 2.05) is 0 Å². The Morgan fingerprint density at radius 1 is 1.33 bits per heavy atom. The van der Waals surface area contributed by atoms with Gasteiger partial charge >= 0.3 is 5.97 Å². The summed E-state index contributed by atoms with van der Waals surface area (Å²) in [5.41, 5.74) is 0. The first-order valence-corrected chi connectivity index (χ1v) is 5.54. The molecule has 0 aromatic rings. The van der Waals surface area contributed by atoms with Crippen LogP contribution in [0.3, 0.4) is 0 Å². The number of rotatable bonds is 2. The van der Waals surface area contributed by atoms with Crippen LogP contribution >= 0.6 is 0 Å². The van der Waals surface area contributed by atoms with Crippen LogP contribution in [-0.2, 0) is 4.79 Å². The number of carboxylic acid groups (broad SMARTS) is 1. The van der Waals surface area contributed by atoms with E-state index in [4.69, 9.17) is 5.11 Å². The Labute approximate surface area is 90.2 Å². The number of carbonyl (C=O) groups is 1. The fourth-order valence-corrected chi connectivity index (χ4v) is 2.67. The Morgan fingerprint density at radius 2 is 2.07 bits per heavy atom. The molecule has 84 valence electrons. The maximum Gasteiger partial charge on any atom is 0.329 e. The zero-order valence-electron chi connectivity index (χ0n) is 9.09. The first-order chi connectivity index (χ1) is 7.16. The second kappa shape index (κ2) is 4.23. The van der Waals surface area contributed by atoms with Gasteiger partial charge in [0.1, 0.15) is 0 Å². The minimum Gasteiger partial charge on any atom is -0.478 e. The Hall–Kier alpha value is -1.03. The van der Waals surface area contributed by atoms with E-state index in [1.54, 1.807) is 6.20 Å². The zero-order chi connectivity index (χ0) is 10.8. The molecule has 2 aliphatic rings. The fourth-order valence-electron chi connectivity index (χ4n) is 2.67. The van der Waals surface area contributed by atoms with Gasteiger partial charge in [-0.3, -0.25) is 0 Å². The number of hydrogen-bond donors (Lipinski definition) is 1. The average molecular weight is 210 g/mol. The number of hydrogen-bond acceptors (Lipinski definition) is 3. The van der Waals surface area contributed by atoms with Crippen LogP contribution < -0.4 is 0 Å². The van der Waals surface area contributed by atoms with Crippen molar-refractivity contribution in [1.82, 2.24) is 9.80 Å². The van der Waals surface area contributed by atoms with Gasteiger partial charge in [-0.05, 0) is 32.9 Å². The molecule has 4 heteroatoms. The van der Waals surface area contributed by atoms with Crippen LogP contribution in [0.25, 0.3) is 0 Å². The largest absolute Gasteiger partial charge is 0.478 e. The fraction of sp³-hybridized carbons (Fsp3) is 0.727. The van der Waals surface area contributed by atoms with Crippen LogP contribution in [0.2, 0.25) is 0 Å². The van der Waals surface area contributed by atoms with E-state index in [1.165, 1.54) is 18.9 Å². The molecule has 4 nitrogen and oxygen atoms in total. The predicted octanol–water partition coefficient (Wildman–Crippen LogP) is 0.753. The van der Waals surface area contributed by atoms with Gasteiger partial charge in [-0.15, -0.1) is 0 Å². The maximum absolute atomic E-state index is 10.5. The molecule has 2 atom stereocenters. The molecule has 2 fully saturated rings. The summed E-state index contributed by atoms with van der Waals surface area (Å²) in [6, 6.07) is 1.06. The number of likely N-dealkylation sites (tertiary alicyclic amines) is 1. The van der Waals surface area contributed by atoms with E-state index >= 15 is 0 Å². The van der Waals surface area contributed by atoms with E-state index < -0.39 is 5.97 Å². The molecule has 2 unspecified atom stereocenters. The lowest BCUT2D eigenvalue weighted by molar-refractivity contribution is -0.131. The quantitative estimate of drug-likeness (QED) is 0.683. The Bertz CT molecular complexity index is 278. The van der Waals surface area contributed by atoms with Crippen LogP contribution in [0.5, 0.6) is 0 Å². The third kappa shape index (κ3) is 2.31. The van der Waals surface area contributed by atoms with E-state index in [2.05, 4.69) is 16.8 Å². The summed E-state index contributed by atoms with van der Waals surface area (Å²) in [6.07, 6.45) is 6.58. The van der Waals surface area contributed by atoms with E-state index in [-0.39, 0.29) is 0 Å². The molecule has 2 rings (SSSR count). The third-order valence-corrected chi connectivity index (χ3v) is 3.43. The molecule has 2 heterocycles. The predicted molar refractivity (Wildman–Crippen MR) is 57.5 cm³/mol. The molecular weight excluding hydrogens is 192 g/mol. The molecule has 0 aromatic heterocycles. The highest BCUT2D eigenvalue weighted by Gasteiger charge is 2.34. The molecule has 2 bridgehead atoms. The molecule has 2 aliphatic heterocycles. The number of aliphatic carboxylic acids is 1. The average Bonchev–Trinajstić information content (AvgIpc) is 2.45. The van der Waals surface area contributed by atoms with Crippen molar-refractivity contribution in [3.63, 3.8) is 0 Å². The van der Waals surface area contributed by atoms with Crippen LogP contribution in [0, 0.1) is 0 Å². The summed E-state index contributed by atoms with van der Waals surface area (Å²) in [5.74, 6) is -0.855. The monoisotopic (exact) mass is 210 g/mol. The van der Waals surface area contributed by atoms with Crippen molar-refractivity contribution in [2.24, 2.45) is 0 Å². The highest BCUT2D eigenvalue weighted by molar-refractivity contribution is 5.79. The van der Waals surface area contributed by atoms with E-state index in [0.29, 0.717) is 12.1 Å². The third-order valence-electron chi connectivity index (χ3n) is 3.43. The topological polar surface area (TPSA) is 43.8 Å². The summed E-state index contributed by atoms with van der Waals surface area (Å²) in [5, 5.41) is 8.64. The highest BCUT2D eigenvalue weighted by atomic mass is 16.4. The van der Waals surface area contributed by atoms with Gasteiger partial charge < -0.3 is 14.9 Å². The standard InChI is InChI=1S/C11H18N2O2/c1-12-6-4-9-2-3-10(8-12)13(9)7-5-11(14)15/h5,7,9-10H,2-4,6,8H2,1H3,(H,14,15)/b7-5+. The lowest BCUT2D eigenvalue weighted by atomic mass is 10.1. The maximum atomic E-state index is 10.5. The SMILES string of the molecule is CN1CCC2CCC(C1)N2/C=C/C(=O)O. The first-order valence-electron chi connectivity index (χ1n) is 5.54. The molecule has 0 radical (unpaired) electrons. The summed E-state index contributed by atoms with van der Waals surface area (Å²) in [6.45, 7) is 2.18. The van der Waals surface area contributed by atoms with Crippen LogP contribution in [-0.4, -0.2) is 53.1 Å². The van der Waals surface area contributed by atoms with Crippen molar-refractivity contribution in [3.8, 4) is 0 Å². The van der Waals surface area contributed by atoms with Crippen LogP contribution in [0.1, 0.15) is 19.3 Å². The van der Waals surface area contributed by atoms with Crippen molar-refractivity contribution >= 4 is 5.97 Å². The Balaban J connectivity index is 2.07. The van der Waals surface area contributed by atoms with E-state index in [9.17, 15) is 4.79 Å². The first kappa shape index (κ1) is 10.5. The van der Waals surface area contributed by atoms with Crippen molar-refractivity contribution in [2.75, 3.05) is 20.1 Å². The Kier molecular flexibility index (Phi) is 2.95. The van der Waals surface area contributed by atoms with Gasteiger partial charge in [0.05, 0.1) is 0 Å². The minimum absolute atomic E-state index is 0.512. The van der Waals surface area contributed by atoms with Crippen molar-refractivity contribution < 1.29 is 9.90 Å². The second-order valence-electron chi connectivity index (χ2n) is 4.54. The summed E-state index contributed by atoms with van der Waals surface area (Å²) in [7, 11) is 2.14. The molecular formula is C11H18N2O2. The smallest absolute Gasteiger partial charge is 0.329 e. The summed E-state index contributed by atoms with van der Waals surface area (Å²) >= 11 is 0. The van der Waals surface area contributed by atoms with Crippen LogP contribution in [0.4, 0.5) is 0 Å². The number of likely N-dealkylation sites (N-methyl/N-ethyl adjacent to an activating group) is 1. The molecule has 2 saturated heterocycles. The number of nitrogens with zero attached hydrogens (tertiary/aromatic N) is 2. The van der Waals surface area contributed by atoms with E-state index in [0.717, 1.165) is 19.5 Å². The lowest BCUT2D eigenvalue weighted by Crippen LogP contribution is -2.34. The zero-order valence-corrected chi connectivity index (χ0v) is 9.09. The molecule has 1 N–H and O–H groups in total. The second-order valence-corrected chi connectivity index (χ2v) is 4.54. The molecule has 0 aromatic carbocycles. The number of carboxylic acids is 1. The molecule has 0 aliphatic carbocycles. The van der Waals surface area contributed by atoms with Gasteiger partial charge in [0.2, 0.25) is 0 Å². The van der Waals surface area contributed by atoms with Crippen molar-refractivity contribution in [1.29, 1.82) is 0 Å². The van der Waals surface area contributed by atoms with Gasteiger partial charge in [0.15, 0.2) is 0 Å². The molecule has 0 saturated carbocycles. The van der Waals surface area contributed by atoms with Crippen LogP contribution in [0.15, 0.2) is 12.3 Å². The lowest BCUT2D eigenvalue weighted by Gasteiger charge is -2.26. The molecule has 0 spiro atoms. The number of fused-ring (bicyclic) bond motifs is 2. The van der Waals surface area contributed by atoms with Gasteiger partial charge in [0.25, 0.3) is 0 Å². The Morgan fingerprint density at radius 3 is 2.80 bits per heavy atom. The molecule has 0 amide bonds. The van der Waals surface area contributed by atoms with Crippen molar-refractivity contribution in [3.05, 3.63) is 12.3 Å².